The molecule has 1 aromatic carbocycles. The van der Waals surface area contributed by atoms with Crippen LogP contribution in [0.2, 0.25) is 0 Å². The minimum atomic E-state index is -0.397. The first kappa shape index (κ1) is 21.1. The number of anilines is 1. The molecule has 2 aromatic heterocycles. The number of rotatable bonds is 8. The summed E-state index contributed by atoms with van der Waals surface area (Å²) in [4.78, 5) is 14.5. The Morgan fingerprint density at radius 1 is 1.26 bits per heavy atom. The van der Waals surface area contributed by atoms with Crippen molar-refractivity contribution >= 4 is 17.2 Å². The highest BCUT2D eigenvalue weighted by Crippen LogP contribution is 2.40. The summed E-state index contributed by atoms with van der Waals surface area (Å²) in [5.74, 6) is -0.0312. The zero-order valence-corrected chi connectivity index (χ0v) is 17.7. The summed E-state index contributed by atoms with van der Waals surface area (Å²) in [7, 11) is 1.62. The van der Waals surface area contributed by atoms with E-state index >= 15 is 0 Å². The quantitative estimate of drug-likeness (QED) is 0.400. The summed E-state index contributed by atoms with van der Waals surface area (Å²) in [5.41, 5.74) is 2.85. The van der Waals surface area contributed by atoms with Gasteiger partial charge in [0.2, 0.25) is 0 Å². The Morgan fingerprint density at radius 2 is 2.13 bits per heavy atom. The molecule has 1 saturated heterocycles. The molecule has 0 bridgehead atoms. The van der Waals surface area contributed by atoms with Gasteiger partial charge in [0.1, 0.15) is 23.7 Å². The molecule has 1 aliphatic rings. The number of nitrogens with zero attached hydrogens (tertiary/aromatic N) is 3. The number of benzene rings is 1. The molecule has 4 rings (SSSR count). The van der Waals surface area contributed by atoms with Crippen molar-refractivity contribution in [3.8, 4) is 5.75 Å². The van der Waals surface area contributed by atoms with Gasteiger partial charge in [-0.1, -0.05) is 0 Å². The van der Waals surface area contributed by atoms with E-state index in [1.165, 1.54) is 12.3 Å². The predicted octanol–water partition coefficient (Wildman–Crippen LogP) is 4.02. The molecule has 0 saturated carbocycles. The number of pyridine rings is 1. The first-order valence-electron chi connectivity index (χ1n) is 10.4. The average molecular weight is 427 g/mol. The van der Waals surface area contributed by atoms with Crippen LogP contribution in [0.4, 0.5) is 10.1 Å². The largest absolute Gasteiger partial charge is 0.491 e. The van der Waals surface area contributed by atoms with E-state index in [0.29, 0.717) is 36.7 Å². The summed E-state index contributed by atoms with van der Waals surface area (Å²) in [5, 5.41) is 4.25. The minimum absolute atomic E-state index is 0.0374. The van der Waals surface area contributed by atoms with Crippen LogP contribution in [0.3, 0.4) is 0 Å². The van der Waals surface area contributed by atoms with Gasteiger partial charge in [-0.25, -0.2) is 13.7 Å². The number of fused-ring (bicyclic) bond motifs is 1. The summed E-state index contributed by atoms with van der Waals surface area (Å²) >= 11 is 0. The Hall–Kier alpha value is -3.13. The molecule has 0 unspecified atom stereocenters. The van der Waals surface area contributed by atoms with Crippen molar-refractivity contribution in [3.05, 3.63) is 59.7 Å². The zero-order valence-electron chi connectivity index (χ0n) is 17.7. The molecular formula is C23H26FN3O4. The van der Waals surface area contributed by atoms with Gasteiger partial charge in [0, 0.05) is 31.1 Å². The molecule has 0 radical (unpaired) electrons. The lowest BCUT2D eigenvalue weighted by Gasteiger charge is -2.28. The van der Waals surface area contributed by atoms with Crippen LogP contribution in [-0.4, -0.2) is 49.1 Å². The van der Waals surface area contributed by atoms with Gasteiger partial charge in [0.25, 0.3) is 0 Å². The van der Waals surface area contributed by atoms with E-state index in [2.05, 4.69) is 10.00 Å². The van der Waals surface area contributed by atoms with E-state index in [-0.39, 0.29) is 11.9 Å². The van der Waals surface area contributed by atoms with Crippen molar-refractivity contribution in [2.24, 2.45) is 0 Å². The summed E-state index contributed by atoms with van der Waals surface area (Å²) in [6.45, 7) is 3.74. The smallest absolute Gasteiger partial charge is 0.341 e. The standard InChI is InChI=1S/C23H26FN3O4/c1-3-30-23(28)19-15-25-27-10-8-17(14-21(19)27)26-9-4-5-20(26)18-13-16(24)6-7-22(18)31-12-11-29-2/h6-8,10,13-15,20H,3-5,9,11-12H2,1-2H3/t20-/m1/s1. The van der Waals surface area contributed by atoms with E-state index in [1.807, 2.05) is 18.3 Å². The first-order chi connectivity index (χ1) is 15.1. The molecule has 0 amide bonds. The maximum absolute atomic E-state index is 14.1. The molecule has 8 heteroatoms. The lowest BCUT2D eigenvalue weighted by Crippen LogP contribution is -2.23. The zero-order chi connectivity index (χ0) is 21.8. The number of halogens is 1. The molecule has 3 aromatic rings. The Kier molecular flexibility index (Phi) is 6.36. The second-order valence-corrected chi connectivity index (χ2v) is 7.37. The Labute approximate surface area is 180 Å². The van der Waals surface area contributed by atoms with Gasteiger partial charge in [0.15, 0.2) is 0 Å². The predicted molar refractivity (Wildman–Crippen MR) is 114 cm³/mol. The number of carbonyl (C=O) groups excluding carboxylic acids is 1. The maximum atomic E-state index is 14.1. The normalized spacial score (nSPS) is 16.1. The maximum Gasteiger partial charge on any atom is 0.341 e. The summed E-state index contributed by atoms with van der Waals surface area (Å²) < 4.78 is 31.9. The molecular weight excluding hydrogens is 401 g/mol. The van der Waals surface area contributed by atoms with Gasteiger partial charge in [-0.2, -0.15) is 5.10 Å². The van der Waals surface area contributed by atoms with Gasteiger partial charge in [-0.15, -0.1) is 0 Å². The molecule has 3 heterocycles. The fraction of sp³-hybridized carbons (Fsp3) is 0.391. The van der Waals surface area contributed by atoms with E-state index in [0.717, 1.165) is 30.6 Å². The van der Waals surface area contributed by atoms with Crippen LogP contribution in [0.1, 0.15) is 41.7 Å². The van der Waals surface area contributed by atoms with Crippen LogP contribution in [0.5, 0.6) is 5.75 Å². The van der Waals surface area contributed by atoms with E-state index in [4.69, 9.17) is 14.2 Å². The number of hydrogen-bond donors (Lipinski definition) is 0. The Balaban J connectivity index is 1.68. The van der Waals surface area contributed by atoms with Crippen molar-refractivity contribution in [1.29, 1.82) is 0 Å². The van der Waals surface area contributed by atoms with Crippen molar-refractivity contribution < 1.29 is 23.4 Å². The molecule has 164 valence electrons. The molecule has 0 aliphatic carbocycles. The highest BCUT2D eigenvalue weighted by molar-refractivity contribution is 5.97. The number of carbonyl (C=O) groups is 1. The van der Waals surface area contributed by atoms with Crippen LogP contribution < -0.4 is 9.64 Å². The molecule has 1 atom stereocenters. The van der Waals surface area contributed by atoms with E-state index in [9.17, 15) is 9.18 Å². The lowest BCUT2D eigenvalue weighted by molar-refractivity contribution is 0.0528. The average Bonchev–Trinajstić information content (AvgIpc) is 3.41. The Bertz CT molecular complexity index is 1070. The van der Waals surface area contributed by atoms with Crippen LogP contribution in [0.25, 0.3) is 5.52 Å². The first-order valence-corrected chi connectivity index (χ1v) is 10.4. The van der Waals surface area contributed by atoms with Crippen molar-refractivity contribution in [3.63, 3.8) is 0 Å². The molecule has 0 spiro atoms. The van der Waals surface area contributed by atoms with Crippen LogP contribution in [-0.2, 0) is 9.47 Å². The topological polar surface area (TPSA) is 65.3 Å². The molecule has 0 N–H and O–H groups in total. The van der Waals surface area contributed by atoms with E-state index < -0.39 is 5.97 Å². The van der Waals surface area contributed by atoms with Crippen molar-refractivity contribution in [2.75, 3.05) is 38.4 Å². The van der Waals surface area contributed by atoms with Gasteiger partial charge in [-0.3, -0.25) is 0 Å². The van der Waals surface area contributed by atoms with Gasteiger partial charge in [0.05, 0.1) is 31.0 Å². The third-order valence-corrected chi connectivity index (χ3v) is 5.46. The van der Waals surface area contributed by atoms with E-state index in [1.54, 1.807) is 30.7 Å². The summed E-state index contributed by atoms with van der Waals surface area (Å²) in [6.07, 6.45) is 5.18. The second kappa shape index (κ2) is 9.34. The summed E-state index contributed by atoms with van der Waals surface area (Å²) in [6, 6.07) is 8.49. The highest BCUT2D eigenvalue weighted by atomic mass is 19.1. The van der Waals surface area contributed by atoms with Crippen LogP contribution in [0, 0.1) is 5.82 Å². The SMILES string of the molecule is CCOC(=O)c1cnn2ccc(N3CCC[C@@H]3c3cc(F)ccc3OCCOC)cc12. The molecule has 7 nitrogen and oxygen atoms in total. The fourth-order valence-corrected chi connectivity index (χ4v) is 4.06. The highest BCUT2D eigenvalue weighted by Gasteiger charge is 2.30. The molecule has 1 aliphatic heterocycles. The van der Waals surface area contributed by atoms with Crippen molar-refractivity contribution in [2.45, 2.75) is 25.8 Å². The second-order valence-electron chi connectivity index (χ2n) is 7.37. The van der Waals surface area contributed by atoms with Crippen LogP contribution in [0.15, 0.2) is 42.7 Å². The monoisotopic (exact) mass is 427 g/mol. The number of hydrogen-bond acceptors (Lipinski definition) is 6. The van der Waals surface area contributed by atoms with Crippen molar-refractivity contribution in [1.82, 2.24) is 9.61 Å². The fourth-order valence-electron chi connectivity index (χ4n) is 4.06. The number of ether oxygens (including phenoxy) is 3. The lowest BCUT2D eigenvalue weighted by atomic mass is 10.0. The van der Waals surface area contributed by atoms with Gasteiger partial charge >= 0.3 is 5.97 Å². The number of methoxy groups -OCH3 is 1. The number of aromatic nitrogens is 2. The minimum Gasteiger partial charge on any atom is -0.491 e. The number of esters is 1. The molecule has 31 heavy (non-hydrogen) atoms. The third kappa shape index (κ3) is 4.34. The van der Waals surface area contributed by atoms with Crippen LogP contribution >= 0.6 is 0 Å². The molecule has 1 fully saturated rings. The van der Waals surface area contributed by atoms with Gasteiger partial charge in [-0.05, 0) is 50.1 Å². The third-order valence-electron chi connectivity index (χ3n) is 5.46. The van der Waals surface area contributed by atoms with Gasteiger partial charge < -0.3 is 19.1 Å². The Morgan fingerprint density at radius 3 is 2.94 bits per heavy atom.